The van der Waals surface area contributed by atoms with Crippen molar-refractivity contribution in [2.45, 2.75) is 50.6 Å². The standard InChI is InChI=1S/C25H31N5O5/c1-35-20-4-2-3-16-15(20)12-18(28-16)24(34)30-10-8-25(6-7-25)13-19(30)23(33)29-17(21(26)31)11-14-5-9-27-22(14)32/h2-4,12,14,17,19,28H,5-11,13H2,1H3,(H2,26,31)(H,27,32)(H,29,33). The number of amides is 4. The van der Waals surface area contributed by atoms with Crippen LogP contribution in [0.15, 0.2) is 24.3 Å². The fourth-order valence-electron chi connectivity index (χ4n) is 5.49. The lowest BCUT2D eigenvalue weighted by atomic mass is 9.87. The second kappa shape index (κ2) is 8.90. The average molecular weight is 482 g/mol. The van der Waals surface area contributed by atoms with Crippen LogP contribution < -0.4 is 21.1 Å². The molecule has 3 aliphatic rings. The second-order valence-electron chi connectivity index (χ2n) is 10.0. The van der Waals surface area contributed by atoms with Gasteiger partial charge in [0.2, 0.25) is 17.7 Å². The van der Waals surface area contributed by atoms with Gasteiger partial charge in [0.15, 0.2) is 0 Å². The Kier molecular flexibility index (Phi) is 5.90. The molecule has 3 atom stereocenters. The number of carbonyl (C=O) groups excluding carboxylic acids is 4. The predicted molar refractivity (Wildman–Crippen MR) is 127 cm³/mol. The number of nitrogens with one attached hydrogen (secondary N) is 3. The van der Waals surface area contributed by atoms with Crippen LogP contribution in [0.5, 0.6) is 5.75 Å². The maximum absolute atomic E-state index is 13.6. The van der Waals surface area contributed by atoms with E-state index in [2.05, 4.69) is 15.6 Å². The predicted octanol–water partition coefficient (Wildman–Crippen LogP) is 1.06. The van der Waals surface area contributed by atoms with Crippen LogP contribution in [0.3, 0.4) is 0 Å². The monoisotopic (exact) mass is 481 g/mol. The number of ether oxygens (including phenoxy) is 1. The van der Waals surface area contributed by atoms with Gasteiger partial charge in [-0.1, -0.05) is 6.07 Å². The molecule has 10 nitrogen and oxygen atoms in total. The summed E-state index contributed by atoms with van der Waals surface area (Å²) in [6.45, 7) is 1.00. The van der Waals surface area contributed by atoms with Gasteiger partial charge in [0.05, 0.1) is 7.11 Å². The van der Waals surface area contributed by atoms with Gasteiger partial charge in [0.1, 0.15) is 23.5 Å². The molecule has 5 rings (SSSR count). The molecule has 5 N–H and O–H groups in total. The fraction of sp³-hybridized carbons (Fsp3) is 0.520. The van der Waals surface area contributed by atoms with E-state index in [1.54, 1.807) is 18.1 Å². The maximum atomic E-state index is 13.6. The van der Waals surface area contributed by atoms with Crippen LogP contribution in [0.4, 0.5) is 0 Å². The van der Waals surface area contributed by atoms with E-state index in [9.17, 15) is 19.2 Å². The van der Waals surface area contributed by atoms with Crippen molar-refractivity contribution in [2.24, 2.45) is 17.1 Å². The van der Waals surface area contributed by atoms with E-state index in [0.29, 0.717) is 37.4 Å². The van der Waals surface area contributed by atoms with Crippen molar-refractivity contribution in [1.82, 2.24) is 20.5 Å². The summed E-state index contributed by atoms with van der Waals surface area (Å²) >= 11 is 0. The number of aromatic nitrogens is 1. The topological polar surface area (TPSA) is 147 Å². The lowest BCUT2D eigenvalue weighted by Gasteiger charge is -2.39. The number of nitrogens with zero attached hydrogens (tertiary/aromatic N) is 1. The Morgan fingerprint density at radius 3 is 2.74 bits per heavy atom. The molecule has 1 aromatic heterocycles. The van der Waals surface area contributed by atoms with Crippen molar-refractivity contribution in [1.29, 1.82) is 0 Å². The number of hydrogen-bond donors (Lipinski definition) is 4. The molecular formula is C25H31N5O5. The molecule has 1 saturated carbocycles. The molecule has 1 aliphatic carbocycles. The molecule has 10 heteroatoms. The highest BCUT2D eigenvalue weighted by Crippen LogP contribution is 2.55. The molecule has 35 heavy (non-hydrogen) atoms. The normalized spacial score (nSPS) is 23.7. The Hall–Kier alpha value is -3.56. The van der Waals surface area contributed by atoms with Gasteiger partial charge in [-0.25, -0.2) is 0 Å². The number of fused-ring (bicyclic) bond motifs is 1. The fourth-order valence-corrected chi connectivity index (χ4v) is 5.49. The average Bonchev–Trinajstić information content (AvgIpc) is 3.25. The number of piperidine rings is 1. The van der Waals surface area contributed by atoms with Gasteiger partial charge in [-0.3, -0.25) is 19.2 Å². The number of benzene rings is 1. The van der Waals surface area contributed by atoms with Crippen LogP contribution in [0.2, 0.25) is 0 Å². The van der Waals surface area contributed by atoms with Gasteiger partial charge in [-0.2, -0.15) is 0 Å². The maximum Gasteiger partial charge on any atom is 0.270 e. The Morgan fingerprint density at radius 1 is 1.29 bits per heavy atom. The molecule has 2 aliphatic heterocycles. The van der Waals surface area contributed by atoms with Crippen LogP contribution in [0, 0.1) is 11.3 Å². The quantitative estimate of drug-likeness (QED) is 0.467. The first-order chi connectivity index (χ1) is 16.8. The van der Waals surface area contributed by atoms with Crippen LogP contribution in [-0.2, 0) is 14.4 Å². The van der Waals surface area contributed by atoms with Crippen molar-refractivity contribution in [2.75, 3.05) is 20.2 Å². The molecule has 2 aromatic rings. The number of primary amides is 1. The zero-order valence-electron chi connectivity index (χ0n) is 19.8. The Balaban J connectivity index is 1.37. The minimum Gasteiger partial charge on any atom is -0.496 e. The Labute approximate surface area is 202 Å². The number of likely N-dealkylation sites (tertiary alicyclic amines) is 1. The number of H-pyrrole nitrogens is 1. The molecule has 0 radical (unpaired) electrons. The molecule has 186 valence electrons. The zero-order valence-corrected chi connectivity index (χ0v) is 19.8. The van der Waals surface area contributed by atoms with Crippen LogP contribution in [0.25, 0.3) is 10.9 Å². The molecule has 3 heterocycles. The summed E-state index contributed by atoms with van der Waals surface area (Å²) in [5, 5.41) is 6.29. The van der Waals surface area contributed by atoms with E-state index >= 15 is 0 Å². The van der Waals surface area contributed by atoms with E-state index in [-0.39, 0.29) is 29.6 Å². The van der Waals surface area contributed by atoms with E-state index in [4.69, 9.17) is 10.5 Å². The molecule has 1 aromatic carbocycles. The lowest BCUT2D eigenvalue weighted by molar-refractivity contribution is -0.132. The van der Waals surface area contributed by atoms with Crippen molar-refractivity contribution in [3.63, 3.8) is 0 Å². The third kappa shape index (κ3) is 4.44. The number of rotatable bonds is 7. The smallest absolute Gasteiger partial charge is 0.270 e. The number of methoxy groups -OCH3 is 1. The number of hydrogen-bond acceptors (Lipinski definition) is 5. The highest BCUT2D eigenvalue weighted by atomic mass is 16.5. The van der Waals surface area contributed by atoms with Crippen molar-refractivity contribution < 1.29 is 23.9 Å². The van der Waals surface area contributed by atoms with Gasteiger partial charge in [0, 0.05) is 29.9 Å². The van der Waals surface area contributed by atoms with Gasteiger partial charge in [-0.05, 0) is 62.1 Å². The minimum atomic E-state index is -0.970. The highest BCUT2D eigenvalue weighted by Gasteiger charge is 2.51. The van der Waals surface area contributed by atoms with E-state index < -0.39 is 23.9 Å². The largest absolute Gasteiger partial charge is 0.496 e. The molecule has 0 bridgehead atoms. The zero-order chi connectivity index (χ0) is 24.7. The minimum absolute atomic E-state index is 0.0794. The first-order valence-corrected chi connectivity index (χ1v) is 12.1. The summed E-state index contributed by atoms with van der Waals surface area (Å²) in [4.78, 5) is 55.9. The molecule has 2 saturated heterocycles. The molecule has 4 amide bonds. The van der Waals surface area contributed by atoms with Crippen LogP contribution >= 0.6 is 0 Å². The first kappa shape index (κ1) is 23.2. The third-order valence-corrected chi connectivity index (χ3v) is 7.82. The number of aromatic amines is 1. The molecular weight excluding hydrogens is 450 g/mol. The third-order valence-electron chi connectivity index (χ3n) is 7.82. The number of nitrogens with two attached hydrogens (primary N) is 1. The summed E-state index contributed by atoms with van der Waals surface area (Å²) in [6.07, 6.45) is 4.20. The van der Waals surface area contributed by atoms with Crippen molar-refractivity contribution >= 4 is 34.5 Å². The Morgan fingerprint density at radius 2 is 2.09 bits per heavy atom. The summed E-state index contributed by atoms with van der Waals surface area (Å²) in [5.41, 5.74) is 6.81. The molecule has 3 unspecified atom stereocenters. The summed E-state index contributed by atoms with van der Waals surface area (Å²) in [7, 11) is 1.58. The van der Waals surface area contributed by atoms with Gasteiger partial charge >= 0.3 is 0 Å². The first-order valence-electron chi connectivity index (χ1n) is 12.1. The summed E-state index contributed by atoms with van der Waals surface area (Å²) in [6, 6.07) is 5.60. The van der Waals surface area contributed by atoms with Crippen molar-refractivity contribution in [3.8, 4) is 5.75 Å². The van der Waals surface area contributed by atoms with Crippen LogP contribution in [-0.4, -0.2) is 65.8 Å². The van der Waals surface area contributed by atoms with Gasteiger partial charge in [0.25, 0.3) is 5.91 Å². The molecule has 3 fully saturated rings. The summed E-state index contributed by atoms with van der Waals surface area (Å²) < 4.78 is 5.41. The van der Waals surface area contributed by atoms with Crippen molar-refractivity contribution in [3.05, 3.63) is 30.0 Å². The SMILES string of the molecule is COc1cccc2[nH]c(C(=O)N3CCC4(CC4)CC3C(=O)NC(CC3CCNC3=O)C(N)=O)cc12. The van der Waals surface area contributed by atoms with Crippen LogP contribution in [0.1, 0.15) is 49.0 Å². The van der Waals surface area contributed by atoms with E-state index in [1.165, 1.54) is 0 Å². The summed E-state index contributed by atoms with van der Waals surface area (Å²) in [5.74, 6) is -1.21. The lowest BCUT2D eigenvalue weighted by Crippen LogP contribution is -2.57. The van der Waals surface area contributed by atoms with Gasteiger partial charge in [-0.15, -0.1) is 0 Å². The van der Waals surface area contributed by atoms with Gasteiger partial charge < -0.3 is 31.0 Å². The molecule has 1 spiro atoms. The van der Waals surface area contributed by atoms with E-state index in [0.717, 1.165) is 30.2 Å². The highest BCUT2D eigenvalue weighted by molar-refractivity contribution is 6.02. The number of carbonyl (C=O) groups is 4. The Bertz CT molecular complexity index is 1190. The second-order valence-corrected chi connectivity index (χ2v) is 10.0. The van der Waals surface area contributed by atoms with E-state index in [1.807, 2.05) is 18.2 Å².